The van der Waals surface area contributed by atoms with Crippen LogP contribution in [0, 0.1) is 3.57 Å². The predicted octanol–water partition coefficient (Wildman–Crippen LogP) is 1.62. The molecule has 0 saturated heterocycles. The quantitative estimate of drug-likeness (QED) is 0.771. The summed E-state index contributed by atoms with van der Waals surface area (Å²) in [5, 5.41) is 8.95. The lowest BCUT2D eigenvalue weighted by Gasteiger charge is -2.02. The Morgan fingerprint density at radius 3 is 2.67 bits per heavy atom. The number of hydrogen-bond acceptors (Lipinski definition) is 2. The average molecular weight is 287 g/mol. The van der Waals surface area contributed by atoms with Crippen molar-refractivity contribution in [3.8, 4) is 5.75 Å². The summed E-state index contributed by atoms with van der Waals surface area (Å²) < 4.78 is 24.1. The molecule has 0 spiro atoms. The molecule has 1 aromatic rings. The predicted molar refractivity (Wildman–Crippen MR) is 46.4 cm³/mol. The van der Waals surface area contributed by atoms with Crippen molar-refractivity contribution in [2.24, 2.45) is 0 Å². The van der Waals surface area contributed by atoms with Crippen LogP contribution < -0.4 is 5.56 Å². The lowest BCUT2D eigenvalue weighted by Crippen LogP contribution is -2.08. The molecule has 0 saturated carbocycles. The van der Waals surface area contributed by atoms with E-state index in [9.17, 15) is 13.6 Å². The van der Waals surface area contributed by atoms with Crippen molar-refractivity contribution < 1.29 is 13.9 Å². The Morgan fingerprint density at radius 2 is 2.17 bits per heavy atom. The molecule has 6 heteroatoms. The molecule has 2 N–H and O–H groups in total. The van der Waals surface area contributed by atoms with Crippen LogP contribution in [0.5, 0.6) is 5.75 Å². The van der Waals surface area contributed by atoms with Crippen LogP contribution in [0.1, 0.15) is 12.0 Å². The van der Waals surface area contributed by atoms with Crippen molar-refractivity contribution >= 4 is 22.6 Å². The van der Waals surface area contributed by atoms with Gasteiger partial charge < -0.3 is 10.1 Å². The Morgan fingerprint density at radius 1 is 1.58 bits per heavy atom. The monoisotopic (exact) mass is 287 g/mol. The zero-order valence-electron chi connectivity index (χ0n) is 5.64. The first-order valence-electron chi connectivity index (χ1n) is 2.92. The molecule has 0 aliphatic carbocycles. The molecule has 0 aromatic carbocycles. The fourth-order valence-corrected chi connectivity index (χ4v) is 1.31. The van der Waals surface area contributed by atoms with Crippen LogP contribution in [0.4, 0.5) is 8.78 Å². The van der Waals surface area contributed by atoms with Crippen LogP contribution in [-0.2, 0) is 0 Å². The summed E-state index contributed by atoms with van der Waals surface area (Å²) in [6, 6.07) is 0. The van der Waals surface area contributed by atoms with E-state index in [1.54, 1.807) is 0 Å². The summed E-state index contributed by atoms with van der Waals surface area (Å²) in [6.07, 6.45) is -1.80. The third-order valence-corrected chi connectivity index (χ3v) is 2.40. The first kappa shape index (κ1) is 9.43. The highest BCUT2D eigenvalue weighted by atomic mass is 127. The van der Waals surface area contributed by atoms with Gasteiger partial charge in [0.1, 0.15) is 0 Å². The number of rotatable bonds is 1. The Labute approximate surface area is 79.6 Å². The molecule has 0 radical (unpaired) electrons. The third-order valence-electron chi connectivity index (χ3n) is 1.27. The number of aromatic hydroxyl groups is 1. The number of H-pyrrole nitrogens is 1. The molecule has 0 amide bonds. The molecule has 0 aliphatic heterocycles. The first-order valence-corrected chi connectivity index (χ1v) is 4.00. The summed E-state index contributed by atoms with van der Waals surface area (Å²) in [6.45, 7) is 0. The molecule has 0 aliphatic rings. The summed E-state index contributed by atoms with van der Waals surface area (Å²) in [5.41, 5.74) is -1.13. The van der Waals surface area contributed by atoms with E-state index < -0.39 is 17.7 Å². The number of pyridine rings is 1. The molecule has 0 atom stereocenters. The van der Waals surface area contributed by atoms with Gasteiger partial charge in [0.05, 0.1) is 9.13 Å². The van der Waals surface area contributed by atoms with Crippen LogP contribution in [0.15, 0.2) is 11.0 Å². The second kappa shape index (κ2) is 3.38. The summed E-state index contributed by atoms with van der Waals surface area (Å²) in [4.78, 5) is 12.7. The van der Waals surface area contributed by atoms with Gasteiger partial charge in [0.2, 0.25) is 0 Å². The zero-order chi connectivity index (χ0) is 9.30. The second-order valence-corrected chi connectivity index (χ2v) is 3.12. The molecule has 0 unspecified atom stereocenters. The fourth-order valence-electron chi connectivity index (χ4n) is 0.670. The minimum Gasteiger partial charge on any atom is -0.502 e. The fraction of sp³-hybridized carbons (Fsp3) is 0.167. The second-order valence-electron chi connectivity index (χ2n) is 2.04. The number of alkyl halides is 2. The van der Waals surface area contributed by atoms with Gasteiger partial charge in [-0.3, -0.25) is 4.79 Å². The Balaban J connectivity index is 3.36. The summed E-state index contributed by atoms with van der Waals surface area (Å²) in [5.74, 6) is -0.659. The van der Waals surface area contributed by atoms with E-state index in [1.165, 1.54) is 22.6 Å². The van der Waals surface area contributed by atoms with E-state index in [0.717, 1.165) is 6.20 Å². The Hall–Kier alpha value is -0.660. The largest absolute Gasteiger partial charge is 0.502 e. The van der Waals surface area contributed by atoms with Crippen molar-refractivity contribution in [1.29, 1.82) is 0 Å². The van der Waals surface area contributed by atoms with Crippen molar-refractivity contribution in [3.63, 3.8) is 0 Å². The minimum absolute atomic E-state index is 0.105. The van der Waals surface area contributed by atoms with E-state index in [0.29, 0.717) is 0 Å². The normalized spacial score (nSPS) is 10.7. The molecule has 1 aromatic heterocycles. The van der Waals surface area contributed by atoms with Crippen LogP contribution in [0.3, 0.4) is 0 Å². The van der Waals surface area contributed by atoms with Gasteiger partial charge in [0.15, 0.2) is 5.75 Å². The molecular weight excluding hydrogens is 283 g/mol. The highest BCUT2D eigenvalue weighted by molar-refractivity contribution is 14.1. The van der Waals surface area contributed by atoms with Crippen LogP contribution in [0.25, 0.3) is 0 Å². The Kier molecular flexibility index (Phi) is 2.65. The number of aromatic nitrogens is 1. The van der Waals surface area contributed by atoms with Gasteiger partial charge in [-0.15, -0.1) is 0 Å². The van der Waals surface area contributed by atoms with Crippen molar-refractivity contribution in [2.45, 2.75) is 6.43 Å². The van der Waals surface area contributed by atoms with Gasteiger partial charge in [-0.2, -0.15) is 0 Å². The molecule has 12 heavy (non-hydrogen) atoms. The van der Waals surface area contributed by atoms with E-state index in [1.807, 2.05) is 4.98 Å². The lowest BCUT2D eigenvalue weighted by atomic mass is 10.3. The van der Waals surface area contributed by atoms with Gasteiger partial charge in [-0.1, -0.05) is 0 Å². The van der Waals surface area contributed by atoms with Crippen LogP contribution in [-0.4, -0.2) is 10.1 Å². The third kappa shape index (κ3) is 1.57. The van der Waals surface area contributed by atoms with Gasteiger partial charge in [-0.05, 0) is 22.6 Å². The maximum atomic E-state index is 12.1. The number of aromatic amines is 1. The average Bonchev–Trinajstić information content (AvgIpc) is 2.00. The Bertz CT molecular complexity index is 350. The van der Waals surface area contributed by atoms with E-state index in [-0.39, 0.29) is 9.13 Å². The zero-order valence-corrected chi connectivity index (χ0v) is 7.80. The van der Waals surface area contributed by atoms with E-state index in [2.05, 4.69) is 0 Å². The topological polar surface area (TPSA) is 53.1 Å². The van der Waals surface area contributed by atoms with Gasteiger partial charge in [-0.25, -0.2) is 8.78 Å². The number of nitrogens with one attached hydrogen (secondary N) is 1. The van der Waals surface area contributed by atoms with Gasteiger partial charge >= 0.3 is 0 Å². The van der Waals surface area contributed by atoms with E-state index >= 15 is 0 Å². The highest BCUT2D eigenvalue weighted by Gasteiger charge is 2.15. The molecule has 0 fully saturated rings. The first-order chi connectivity index (χ1) is 5.54. The molecule has 1 rings (SSSR count). The molecule has 3 nitrogen and oxygen atoms in total. The van der Waals surface area contributed by atoms with Crippen molar-refractivity contribution in [1.82, 2.24) is 4.98 Å². The number of hydrogen-bond donors (Lipinski definition) is 2. The number of halogens is 3. The van der Waals surface area contributed by atoms with E-state index in [4.69, 9.17) is 5.11 Å². The molecule has 66 valence electrons. The van der Waals surface area contributed by atoms with Crippen molar-refractivity contribution in [2.75, 3.05) is 0 Å². The highest BCUT2D eigenvalue weighted by Crippen LogP contribution is 2.26. The summed E-state index contributed by atoms with van der Waals surface area (Å²) >= 11 is 1.50. The van der Waals surface area contributed by atoms with Crippen LogP contribution >= 0.6 is 22.6 Å². The molecule has 0 bridgehead atoms. The summed E-state index contributed by atoms with van der Waals surface area (Å²) in [7, 11) is 0. The maximum absolute atomic E-state index is 12.1. The lowest BCUT2D eigenvalue weighted by molar-refractivity contribution is 0.149. The van der Waals surface area contributed by atoms with Crippen molar-refractivity contribution in [3.05, 3.63) is 25.7 Å². The van der Waals surface area contributed by atoms with Gasteiger partial charge in [0.25, 0.3) is 12.0 Å². The van der Waals surface area contributed by atoms with Crippen LogP contribution in [0.2, 0.25) is 0 Å². The maximum Gasteiger partial charge on any atom is 0.291 e. The van der Waals surface area contributed by atoms with Gasteiger partial charge in [0, 0.05) is 6.20 Å². The standard InChI is InChI=1S/C6H4F2INO2/c7-5(8)2-1-10-6(12)4(11)3(2)9/h1,5,11H,(H,10,12). The minimum atomic E-state index is -2.69. The molecular formula is C6H4F2INO2. The SMILES string of the molecule is O=c1[nH]cc(C(F)F)c(I)c1O. The smallest absolute Gasteiger partial charge is 0.291 e. The molecule has 1 heterocycles.